The quantitative estimate of drug-likeness (QED) is 0.703. The van der Waals surface area contributed by atoms with Gasteiger partial charge in [-0.2, -0.15) is 5.10 Å². The van der Waals surface area contributed by atoms with Gasteiger partial charge in [-0.3, -0.25) is 5.10 Å². The predicted octanol–water partition coefficient (Wildman–Crippen LogP) is 3.01. The first-order valence-corrected chi connectivity index (χ1v) is 3.92. The second-order valence-electron chi connectivity index (χ2n) is 2.32. The fraction of sp³-hybridized carbons (Fsp3) is 0. The molecule has 0 aliphatic rings. The van der Waals surface area contributed by atoms with Crippen molar-refractivity contribution < 1.29 is 4.39 Å². The molecular weight excluding hydrogens is 202 g/mol. The molecule has 1 aromatic carbocycles. The Balaban J connectivity index is 2.93. The van der Waals surface area contributed by atoms with E-state index in [9.17, 15) is 4.39 Å². The van der Waals surface area contributed by atoms with Crippen molar-refractivity contribution in [1.29, 1.82) is 0 Å². The van der Waals surface area contributed by atoms with E-state index >= 15 is 0 Å². The number of nitrogens with zero attached hydrogens (tertiary/aromatic N) is 1. The van der Waals surface area contributed by atoms with E-state index in [1.165, 1.54) is 6.07 Å². The first kappa shape index (κ1) is 7.83. The molecule has 0 atom stereocenters. The normalized spacial score (nSPS) is 10.9. The number of aromatic nitrogens is 2. The van der Waals surface area contributed by atoms with Crippen molar-refractivity contribution in [2.75, 3.05) is 0 Å². The van der Waals surface area contributed by atoms with Crippen LogP contribution in [0.2, 0.25) is 10.2 Å². The molecule has 0 radical (unpaired) electrons. The molecule has 0 amide bonds. The van der Waals surface area contributed by atoms with E-state index in [2.05, 4.69) is 10.2 Å². The Bertz CT molecular complexity index is 438. The number of aromatic amines is 1. The zero-order valence-corrected chi connectivity index (χ0v) is 7.25. The van der Waals surface area contributed by atoms with Gasteiger partial charge in [0, 0.05) is 5.02 Å². The maximum absolute atomic E-state index is 13.1. The van der Waals surface area contributed by atoms with Crippen molar-refractivity contribution in [3.8, 4) is 0 Å². The van der Waals surface area contributed by atoms with Crippen LogP contribution < -0.4 is 0 Å². The van der Waals surface area contributed by atoms with Gasteiger partial charge < -0.3 is 0 Å². The summed E-state index contributed by atoms with van der Waals surface area (Å²) in [6, 6.07) is 2.74. The third-order valence-corrected chi connectivity index (χ3v) is 2.02. The summed E-state index contributed by atoms with van der Waals surface area (Å²) in [5.41, 5.74) is 0.435. The number of halogens is 3. The molecule has 1 heterocycles. The van der Waals surface area contributed by atoms with Gasteiger partial charge in [-0.25, -0.2) is 4.39 Å². The molecular formula is C7H3Cl2FN2. The van der Waals surface area contributed by atoms with Crippen LogP contribution in [-0.2, 0) is 0 Å². The summed E-state index contributed by atoms with van der Waals surface area (Å²) in [5, 5.41) is 7.00. The Labute approximate surface area is 77.3 Å². The molecule has 2 aromatic rings. The molecule has 1 N–H and O–H groups in total. The Hall–Kier alpha value is -0.800. The molecule has 5 heteroatoms. The third kappa shape index (κ3) is 1.06. The van der Waals surface area contributed by atoms with Crippen LogP contribution in [0.1, 0.15) is 0 Å². The molecule has 0 saturated carbocycles. The molecule has 2 rings (SSSR count). The Morgan fingerprint density at radius 2 is 2.08 bits per heavy atom. The molecule has 0 unspecified atom stereocenters. The summed E-state index contributed by atoms with van der Waals surface area (Å²) in [7, 11) is 0. The second kappa shape index (κ2) is 2.61. The highest BCUT2D eigenvalue weighted by molar-refractivity contribution is 6.35. The summed E-state index contributed by atoms with van der Waals surface area (Å²) in [4.78, 5) is 0. The van der Waals surface area contributed by atoms with Gasteiger partial charge in [-0.1, -0.05) is 23.2 Å². The highest BCUT2D eigenvalue weighted by atomic mass is 35.5. The monoisotopic (exact) mass is 204 g/mol. The van der Waals surface area contributed by atoms with E-state index in [1.807, 2.05) is 0 Å². The topological polar surface area (TPSA) is 28.7 Å². The van der Waals surface area contributed by atoms with E-state index in [-0.39, 0.29) is 10.5 Å². The maximum atomic E-state index is 13.1. The zero-order valence-electron chi connectivity index (χ0n) is 5.74. The van der Waals surface area contributed by atoms with Crippen LogP contribution in [0.15, 0.2) is 12.1 Å². The van der Waals surface area contributed by atoms with E-state index < -0.39 is 5.82 Å². The SMILES string of the molecule is Fc1cc(Cl)cc2n[nH]c(Cl)c12. The Morgan fingerprint density at radius 3 is 2.83 bits per heavy atom. The number of hydrogen-bond donors (Lipinski definition) is 1. The minimum Gasteiger partial charge on any atom is -0.266 e. The molecule has 0 aliphatic carbocycles. The summed E-state index contributed by atoms with van der Waals surface area (Å²) in [6.45, 7) is 0. The van der Waals surface area contributed by atoms with Gasteiger partial charge in [0.15, 0.2) is 0 Å². The number of hydrogen-bond acceptors (Lipinski definition) is 1. The van der Waals surface area contributed by atoms with Crippen LogP contribution in [0.3, 0.4) is 0 Å². The standard InChI is InChI=1S/C7H3Cl2FN2/c8-3-1-4(10)6-5(2-3)11-12-7(6)9/h1-2H,(H,11,12). The molecule has 0 spiro atoms. The molecule has 0 bridgehead atoms. The van der Waals surface area contributed by atoms with Crippen LogP contribution in [0.5, 0.6) is 0 Å². The van der Waals surface area contributed by atoms with Crippen molar-refractivity contribution in [3.63, 3.8) is 0 Å². The number of rotatable bonds is 0. The molecule has 0 fully saturated rings. The zero-order chi connectivity index (χ0) is 8.72. The Morgan fingerprint density at radius 1 is 1.33 bits per heavy atom. The summed E-state index contributed by atoms with van der Waals surface area (Å²) in [5.74, 6) is -0.462. The number of fused-ring (bicyclic) bond motifs is 1. The van der Waals surface area contributed by atoms with Crippen molar-refractivity contribution in [2.45, 2.75) is 0 Å². The van der Waals surface area contributed by atoms with Gasteiger partial charge in [0.05, 0.1) is 10.9 Å². The van der Waals surface area contributed by atoms with Crippen LogP contribution in [0, 0.1) is 5.82 Å². The van der Waals surface area contributed by atoms with E-state index in [4.69, 9.17) is 23.2 Å². The van der Waals surface area contributed by atoms with Gasteiger partial charge in [0.25, 0.3) is 0 Å². The fourth-order valence-electron chi connectivity index (χ4n) is 1.03. The molecule has 0 aliphatic heterocycles. The largest absolute Gasteiger partial charge is 0.266 e. The average molecular weight is 205 g/mol. The van der Waals surface area contributed by atoms with Crippen LogP contribution in [-0.4, -0.2) is 10.2 Å². The highest BCUT2D eigenvalue weighted by Gasteiger charge is 2.09. The van der Waals surface area contributed by atoms with Gasteiger partial charge >= 0.3 is 0 Å². The van der Waals surface area contributed by atoms with Crippen LogP contribution in [0.25, 0.3) is 10.9 Å². The lowest BCUT2D eigenvalue weighted by molar-refractivity contribution is 0.640. The summed E-state index contributed by atoms with van der Waals surface area (Å²) < 4.78 is 13.1. The molecule has 12 heavy (non-hydrogen) atoms. The summed E-state index contributed by atoms with van der Waals surface area (Å²) >= 11 is 11.2. The van der Waals surface area contributed by atoms with Gasteiger partial charge in [0.2, 0.25) is 0 Å². The van der Waals surface area contributed by atoms with Crippen molar-refractivity contribution in [3.05, 3.63) is 28.1 Å². The number of nitrogens with one attached hydrogen (secondary N) is 1. The average Bonchev–Trinajstić information content (AvgIpc) is 2.31. The van der Waals surface area contributed by atoms with Gasteiger partial charge in [-0.05, 0) is 12.1 Å². The van der Waals surface area contributed by atoms with Crippen molar-refractivity contribution >= 4 is 34.1 Å². The number of benzene rings is 1. The smallest absolute Gasteiger partial charge is 0.137 e. The minimum absolute atomic E-state index is 0.194. The first-order valence-electron chi connectivity index (χ1n) is 3.17. The van der Waals surface area contributed by atoms with E-state index in [1.54, 1.807) is 6.07 Å². The molecule has 62 valence electrons. The molecule has 1 aromatic heterocycles. The third-order valence-electron chi connectivity index (χ3n) is 1.53. The molecule has 0 saturated heterocycles. The predicted molar refractivity (Wildman–Crippen MR) is 46.1 cm³/mol. The van der Waals surface area contributed by atoms with Crippen LogP contribution >= 0.6 is 23.2 Å². The fourth-order valence-corrected chi connectivity index (χ4v) is 1.46. The lowest BCUT2D eigenvalue weighted by Gasteiger charge is -1.92. The van der Waals surface area contributed by atoms with Crippen LogP contribution in [0.4, 0.5) is 4.39 Å². The van der Waals surface area contributed by atoms with Crippen molar-refractivity contribution in [2.24, 2.45) is 0 Å². The van der Waals surface area contributed by atoms with E-state index in [0.29, 0.717) is 10.5 Å². The lowest BCUT2D eigenvalue weighted by atomic mass is 10.2. The van der Waals surface area contributed by atoms with Gasteiger partial charge in [0.1, 0.15) is 11.0 Å². The maximum Gasteiger partial charge on any atom is 0.137 e. The van der Waals surface area contributed by atoms with Gasteiger partial charge in [-0.15, -0.1) is 0 Å². The minimum atomic E-state index is -0.462. The second-order valence-corrected chi connectivity index (χ2v) is 3.13. The summed E-state index contributed by atoms with van der Waals surface area (Å²) in [6.07, 6.45) is 0. The number of H-pyrrole nitrogens is 1. The Kier molecular flexibility index (Phi) is 1.70. The van der Waals surface area contributed by atoms with Crippen molar-refractivity contribution in [1.82, 2.24) is 10.2 Å². The first-order chi connectivity index (χ1) is 5.68. The molecule has 2 nitrogen and oxygen atoms in total. The van der Waals surface area contributed by atoms with E-state index in [0.717, 1.165) is 0 Å². The lowest BCUT2D eigenvalue weighted by Crippen LogP contribution is -1.76. The highest BCUT2D eigenvalue weighted by Crippen LogP contribution is 2.26.